The van der Waals surface area contributed by atoms with Crippen molar-refractivity contribution < 1.29 is 4.74 Å². The van der Waals surface area contributed by atoms with Crippen molar-refractivity contribution in [3.63, 3.8) is 0 Å². The van der Waals surface area contributed by atoms with Gasteiger partial charge in [0.05, 0.1) is 0 Å². The predicted octanol–water partition coefficient (Wildman–Crippen LogP) is 5.84. The summed E-state index contributed by atoms with van der Waals surface area (Å²) in [4.78, 5) is 0. The fraction of sp³-hybridized carbons (Fsp3) is 0.100. The van der Waals surface area contributed by atoms with Gasteiger partial charge in [0.1, 0.15) is 11.5 Å². The molecule has 0 heterocycles. The molecule has 1 N–H and O–H groups in total. The second-order valence-electron chi connectivity index (χ2n) is 5.39. The fourth-order valence-corrected chi connectivity index (χ4v) is 2.35. The van der Waals surface area contributed by atoms with Gasteiger partial charge in [-0.05, 0) is 67.4 Å². The standard InChI is InChI=1S/C20H19NO/c1-15-7-6-8-17(13-15)21-18-11-12-20(16(2)14-18)22-19-9-4-3-5-10-19/h3-14,21H,1-2H3. The van der Waals surface area contributed by atoms with Crippen LogP contribution in [-0.4, -0.2) is 0 Å². The second-order valence-corrected chi connectivity index (χ2v) is 5.39. The normalized spacial score (nSPS) is 10.3. The third kappa shape index (κ3) is 3.47. The Bertz CT molecular complexity index is 766. The topological polar surface area (TPSA) is 21.3 Å². The van der Waals surface area contributed by atoms with Crippen LogP contribution in [0.3, 0.4) is 0 Å². The highest BCUT2D eigenvalue weighted by molar-refractivity contribution is 5.62. The van der Waals surface area contributed by atoms with Crippen molar-refractivity contribution in [3.8, 4) is 11.5 Å². The van der Waals surface area contributed by atoms with Crippen LogP contribution in [0.25, 0.3) is 0 Å². The highest BCUT2D eigenvalue weighted by atomic mass is 16.5. The van der Waals surface area contributed by atoms with E-state index < -0.39 is 0 Å². The number of anilines is 2. The molecule has 0 saturated heterocycles. The largest absolute Gasteiger partial charge is 0.457 e. The molecule has 2 heteroatoms. The highest BCUT2D eigenvalue weighted by Crippen LogP contribution is 2.28. The van der Waals surface area contributed by atoms with Gasteiger partial charge in [0, 0.05) is 11.4 Å². The summed E-state index contributed by atoms with van der Waals surface area (Å²) in [6, 6.07) is 24.3. The SMILES string of the molecule is Cc1cccc(Nc2ccc(Oc3ccccc3)c(C)c2)c1. The van der Waals surface area contributed by atoms with Crippen LogP contribution in [0.1, 0.15) is 11.1 Å². The molecule has 3 aromatic rings. The summed E-state index contributed by atoms with van der Waals surface area (Å²) < 4.78 is 5.91. The molecule has 22 heavy (non-hydrogen) atoms. The molecule has 3 aromatic carbocycles. The van der Waals surface area contributed by atoms with E-state index in [2.05, 4.69) is 49.5 Å². The van der Waals surface area contributed by atoms with Crippen LogP contribution in [0.4, 0.5) is 11.4 Å². The Morgan fingerprint density at radius 2 is 1.50 bits per heavy atom. The monoisotopic (exact) mass is 289 g/mol. The average Bonchev–Trinajstić information content (AvgIpc) is 2.51. The lowest BCUT2D eigenvalue weighted by Crippen LogP contribution is -1.93. The van der Waals surface area contributed by atoms with Crippen molar-refractivity contribution in [1.29, 1.82) is 0 Å². The minimum atomic E-state index is 0.852. The van der Waals surface area contributed by atoms with Crippen LogP contribution in [0.2, 0.25) is 0 Å². The molecule has 2 nitrogen and oxygen atoms in total. The van der Waals surface area contributed by atoms with Crippen LogP contribution < -0.4 is 10.1 Å². The zero-order valence-electron chi connectivity index (χ0n) is 12.8. The number of rotatable bonds is 4. The Kier molecular flexibility index (Phi) is 4.10. The van der Waals surface area contributed by atoms with E-state index in [9.17, 15) is 0 Å². The van der Waals surface area contributed by atoms with Crippen LogP contribution in [0.15, 0.2) is 72.8 Å². The molecular weight excluding hydrogens is 270 g/mol. The quantitative estimate of drug-likeness (QED) is 0.651. The van der Waals surface area contributed by atoms with Gasteiger partial charge in [-0.1, -0.05) is 30.3 Å². The maximum Gasteiger partial charge on any atom is 0.130 e. The van der Waals surface area contributed by atoms with Crippen molar-refractivity contribution in [2.45, 2.75) is 13.8 Å². The Morgan fingerprint density at radius 3 is 2.23 bits per heavy atom. The van der Waals surface area contributed by atoms with Gasteiger partial charge < -0.3 is 10.1 Å². The Hall–Kier alpha value is -2.74. The van der Waals surface area contributed by atoms with Gasteiger partial charge in [-0.2, -0.15) is 0 Å². The molecule has 0 aliphatic rings. The zero-order chi connectivity index (χ0) is 15.4. The molecule has 0 saturated carbocycles. The maximum absolute atomic E-state index is 5.91. The molecule has 0 radical (unpaired) electrons. The minimum Gasteiger partial charge on any atom is -0.457 e. The lowest BCUT2D eigenvalue weighted by Gasteiger charge is -2.12. The van der Waals surface area contributed by atoms with E-state index in [-0.39, 0.29) is 0 Å². The van der Waals surface area contributed by atoms with Crippen LogP contribution in [0, 0.1) is 13.8 Å². The van der Waals surface area contributed by atoms with Gasteiger partial charge in [0.2, 0.25) is 0 Å². The fourth-order valence-electron chi connectivity index (χ4n) is 2.35. The Balaban J connectivity index is 1.77. The summed E-state index contributed by atoms with van der Waals surface area (Å²) in [7, 11) is 0. The van der Waals surface area contributed by atoms with Gasteiger partial charge in [-0.15, -0.1) is 0 Å². The molecule has 110 valence electrons. The number of hydrogen-bond acceptors (Lipinski definition) is 2. The van der Waals surface area contributed by atoms with Crippen molar-refractivity contribution in [1.82, 2.24) is 0 Å². The first-order chi connectivity index (χ1) is 10.7. The maximum atomic E-state index is 5.91. The van der Waals surface area contributed by atoms with E-state index in [1.165, 1.54) is 5.56 Å². The van der Waals surface area contributed by atoms with Crippen molar-refractivity contribution in [2.24, 2.45) is 0 Å². The lowest BCUT2D eigenvalue weighted by atomic mass is 10.1. The molecule has 0 amide bonds. The number of nitrogens with one attached hydrogen (secondary N) is 1. The molecule has 3 rings (SSSR count). The number of ether oxygens (including phenoxy) is 1. The van der Waals surface area contributed by atoms with Crippen LogP contribution >= 0.6 is 0 Å². The summed E-state index contributed by atoms with van der Waals surface area (Å²) in [5.74, 6) is 1.73. The first-order valence-corrected chi connectivity index (χ1v) is 7.38. The van der Waals surface area contributed by atoms with E-state index in [4.69, 9.17) is 4.74 Å². The van der Waals surface area contributed by atoms with Crippen molar-refractivity contribution in [3.05, 3.63) is 83.9 Å². The van der Waals surface area contributed by atoms with E-state index in [1.807, 2.05) is 42.5 Å². The van der Waals surface area contributed by atoms with E-state index >= 15 is 0 Å². The van der Waals surface area contributed by atoms with Crippen LogP contribution in [0.5, 0.6) is 11.5 Å². The molecule has 0 aliphatic heterocycles. The number of aryl methyl sites for hydroxylation is 2. The first-order valence-electron chi connectivity index (χ1n) is 7.38. The summed E-state index contributed by atoms with van der Waals surface area (Å²) >= 11 is 0. The molecule has 0 unspecified atom stereocenters. The molecule has 0 aliphatic carbocycles. The predicted molar refractivity (Wildman–Crippen MR) is 92.2 cm³/mol. The number of hydrogen-bond donors (Lipinski definition) is 1. The van der Waals surface area contributed by atoms with Gasteiger partial charge in [-0.25, -0.2) is 0 Å². The third-order valence-electron chi connectivity index (χ3n) is 3.45. The van der Waals surface area contributed by atoms with Crippen LogP contribution in [-0.2, 0) is 0 Å². The molecule has 0 spiro atoms. The molecule has 0 atom stereocenters. The number of para-hydroxylation sites is 1. The molecular formula is C20H19NO. The van der Waals surface area contributed by atoms with Crippen molar-refractivity contribution >= 4 is 11.4 Å². The Morgan fingerprint density at radius 1 is 0.727 bits per heavy atom. The van der Waals surface area contributed by atoms with Gasteiger partial charge in [0.25, 0.3) is 0 Å². The van der Waals surface area contributed by atoms with Gasteiger partial charge in [0.15, 0.2) is 0 Å². The highest BCUT2D eigenvalue weighted by Gasteiger charge is 2.03. The third-order valence-corrected chi connectivity index (χ3v) is 3.45. The summed E-state index contributed by atoms with van der Waals surface area (Å²) in [5, 5.41) is 3.42. The number of benzene rings is 3. The van der Waals surface area contributed by atoms with Crippen molar-refractivity contribution in [2.75, 3.05) is 5.32 Å². The van der Waals surface area contributed by atoms with E-state index in [0.29, 0.717) is 0 Å². The zero-order valence-corrected chi connectivity index (χ0v) is 12.8. The van der Waals surface area contributed by atoms with E-state index in [0.717, 1.165) is 28.4 Å². The molecule has 0 fully saturated rings. The van der Waals surface area contributed by atoms with Gasteiger partial charge >= 0.3 is 0 Å². The molecule has 0 bridgehead atoms. The first kappa shape index (κ1) is 14.2. The second kappa shape index (κ2) is 6.35. The molecule has 0 aromatic heterocycles. The smallest absolute Gasteiger partial charge is 0.130 e. The average molecular weight is 289 g/mol. The Labute approximate surface area is 131 Å². The summed E-state index contributed by atoms with van der Waals surface area (Å²) in [6.45, 7) is 4.15. The summed E-state index contributed by atoms with van der Waals surface area (Å²) in [6.07, 6.45) is 0. The minimum absolute atomic E-state index is 0.852. The lowest BCUT2D eigenvalue weighted by molar-refractivity contribution is 0.479. The van der Waals surface area contributed by atoms with E-state index in [1.54, 1.807) is 0 Å². The summed E-state index contributed by atoms with van der Waals surface area (Å²) in [5.41, 5.74) is 4.49. The van der Waals surface area contributed by atoms with Gasteiger partial charge in [-0.3, -0.25) is 0 Å².